The zero-order valence-electron chi connectivity index (χ0n) is 21.0. The molecular formula is C29H36O6. The number of fused-ring (bicyclic) bond motifs is 1. The molecule has 0 aliphatic carbocycles. The van der Waals surface area contributed by atoms with E-state index < -0.39 is 11.6 Å². The van der Waals surface area contributed by atoms with Gasteiger partial charge in [-0.25, -0.2) is 9.59 Å². The van der Waals surface area contributed by atoms with Gasteiger partial charge < -0.3 is 18.6 Å². The molecule has 1 heterocycles. The molecule has 6 heteroatoms. The molecule has 0 spiro atoms. The molecule has 1 aromatic heterocycles. The topological polar surface area (TPSA) is 75.0 Å². The molecule has 3 rings (SSSR count). The molecule has 0 saturated carbocycles. The molecular weight excluding hydrogens is 444 g/mol. The summed E-state index contributed by atoms with van der Waals surface area (Å²) in [6.45, 7) is 6.32. The zero-order chi connectivity index (χ0) is 25.0. The molecule has 0 amide bonds. The van der Waals surface area contributed by atoms with Gasteiger partial charge in [0.1, 0.15) is 0 Å². The first kappa shape index (κ1) is 26.3. The summed E-state index contributed by atoms with van der Waals surface area (Å²) >= 11 is 0. The molecule has 3 aromatic rings. The highest BCUT2D eigenvalue weighted by Gasteiger charge is 2.23. The van der Waals surface area contributed by atoms with E-state index in [1.54, 1.807) is 42.5 Å². The maximum Gasteiger partial charge on any atom is 0.383 e. The molecule has 0 saturated heterocycles. The fourth-order valence-corrected chi connectivity index (χ4v) is 3.86. The van der Waals surface area contributed by atoms with Crippen LogP contribution in [-0.4, -0.2) is 18.7 Å². The second kappa shape index (κ2) is 13.6. The van der Waals surface area contributed by atoms with E-state index in [4.69, 9.17) is 18.6 Å². The number of carbonyl (C=O) groups is 1. The Balaban J connectivity index is 1.81. The highest BCUT2D eigenvalue weighted by molar-refractivity contribution is 5.96. The number of esters is 1. The van der Waals surface area contributed by atoms with Crippen molar-refractivity contribution in [2.75, 3.05) is 6.61 Å². The lowest BCUT2D eigenvalue weighted by Crippen LogP contribution is -2.15. The van der Waals surface area contributed by atoms with Crippen molar-refractivity contribution in [2.45, 2.75) is 78.2 Å². The quantitative estimate of drug-likeness (QED) is 0.137. The van der Waals surface area contributed by atoms with Crippen molar-refractivity contribution in [1.82, 2.24) is 0 Å². The van der Waals surface area contributed by atoms with Crippen LogP contribution in [0.5, 0.6) is 17.2 Å². The van der Waals surface area contributed by atoms with Crippen molar-refractivity contribution < 1.29 is 23.4 Å². The number of para-hydroxylation sites is 1. The van der Waals surface area contributed by atoms with E-state index in [0.29, 0.717) is 23.3 Å². The second-order valence-corrected chi connectivity index (χ2v) is 8.93. The predicted molar refractivity (Wildman–Crippen MR) is 138 cm³/mol. The molecule has 0 aliphatic rings. The first-order valence-electron chi connectivity index (χ1n) is 12.7. The van der Waals surface area contributed by atoms with Gasteiger partial charge in [-0.1, -0.05) is 76.1 Å². The van der Waals surface area contributed by atoms with Crippen LogP contribution in [0.15, 0.2) is 57.7 Å². The minimum Gasteiger partial charge on any atom is -0.487 e. The summed E-state index contributed by atoms with van der Waals surface area (Å²) in [5, 5.41) is 0.443. The summed E-state index contributed by atoms with van der Waals surface area (Å²) in [4.78, 5) is 25.8. The number of hydrogen-bond donors (Lipinski definition) is 0. The summed E-state index contributed by atoms with van der Waals surface area (Å²) in [6.07, 6.45) is 9.08. The molecule has 0 fully saturated rings. The van der Waals surface area contributed by atoms with E-state index in [1.165, 1.54) is 32.1 Å². The Morgan fingerprint density at radius 2 is 1.54 bits per heavy atom. The molecule has 0 atom stereocenters. The first-order valence-corrected chi connectivity index (χ1v) is 12.7. The Bertz CT molecular complexity index is 1130. The van der Waals surface area contributed by atoms with Crippen molar-refractivity contribution in [1.29, 1.82) is 0 Å². The van der Waals surface area contributed by atoms with Crippen LogP contribution < -0.4 is 19.8 Å². The predicted octanol–water partition coefficient (Wildman–Crippen LogP) is 7.32. The Morgan fingerprint density at radius 1 is 0.857 bits per heavy atom. The summed E-state index contributed by atoms with van der Waals surface area (Å²) in [5.74, 6) is -0.212. The minimum absolute atomic E-state index is 0.0545. The van der Waals surface area contributed by atoms with Gasteiger partial charge in [-0.3, -0.25) is 0 Å². The first-order chi connectivity index (χ1) is 17.0. The third-order valence-electron chi connectivity index (χ3n) is 5.62. The van der Waals surface area contributed by atoms with Crippen molar-refractivity contribution in [3.05, 3.63) is 64.5 Å². The van der Waals surface area contributed by atoms with Crippen molar-refractivity contribution in [2.24, 2.45) is 0 Å². The molecule has 0 bridgehead atoms. The maximum absolute atomic E-state index is 12.9. The highest BCUT2D eigenvalue weighted by atomic mass is 16.6. The number of ether oxygens (including phenoxy) is 3. The van der Waals surface area contributed by atoms with Crippen LogP contribution in [0.1, 0.15) is 82.5 Å². The fourth-order valence-electron chi connectivity index (χ4n) is 3.86. The standard InChI is InChI=1S/C29H36O6/c1-4-5-6-7-8-9-10-14-20-32-27-26(35-28(30)22-16-12-11-13-17-22)23-18-15-19-24(33-21(2)3)25(23)34-29(27)31/h11-13,15-19,21H,4-10,14,20H2,1-3H3. The molecule has 0 radical (unpaired) electrons. The van der Waals surface area contributed by atoms with Gasteiger partial charge in [0.15, 0.2) is 17.1 Å². The normalized spacial score (nSPS) is 11.1. The molecule has 35 heavy (non-hydrogen) atoms. The number of benzene rings is 2. The molecule has 0 aliphatic heterocycles. The number of unbranched alkanes of at least 4 members (excludes halogenated alkanes) is 7. The van der Waals surface area contributed by atoms with E-state index in [-0.39, 0.29) is 23.2 Å². The second-order valence-electron chi connectivity index (χ2n) is 8.93. The Kier molecular flexibility index (Phi) is 10.2. The van der Waals surface area contributed by atoms with E-state index in [9.17, 15) is 9.59 Å². The van der Waals surface area contributed by atoms with Gasteiger partial charge in [-0.15, -0.1) is 0 Å². The summed E-state index contributed by atoms with van der Waals surface area (Å²) in [7, 11) is 0. The third-order valence-corrected chi connectivity index (χ3v) is 5.62. The lowest BCUT2D eigenvalue weighted by atomic mass is 10.1. The van der Waals surface area contributed by atoms with Crippen molar-refractivity contribution in [3.8, 4) is 17.2 Å². The summed E-state index contributed by atoms with van der Waals surface area (Å²) < 4.78 is 23.0. The third kappa shape index (κ3) is 7.61. The molecule has 6 nitrogen and oxygen atoms in total. The van der Waals surface area contributed by atoms with Gasteiger partial charge in [-0.2, -0.15) is 0 Å². The Morgan fingerprint density at radius 3 is 2.23 bits per heavy atom. The maximum atomic E-state index is 12.9. The van der Waals surface area contributed by atoms with Crippen LogP contribution in [-0.2, 0) is 0 Å². The smallest absolute Gasteiger partial charge is 0.383 e. The Hall–Kier alpha value is -3.28. The largest absolute Gasteiger partial charge is 0.487 e. The zero-order valence-corrected chi connectivity index (χ0v) is 21.0. The van der Waals surface area contributed by atoms with Crippen LogP contribution in [0.2, 0.25) is 0 Å². The lowest BCUT2D eigenvalue weighted by Gasteiger charge is -2.15. The van der Waals surface area contributed by atoms with E-state index in [1.807, 2.05) is 19.9 Å². The SMILES string of the molecule is CCCCCCCCCCOc1c(OC(=O)c2ccccc2)c2cccc(OC(C)C)c2oc1=O. The number of carbonyl (C=O) groups excluding carboxylic acids is 1. The van der Waals surface area contributed by atoms with Crippen LogP contribution in [0.4, 0.5) is 0 Å². The monoisotopic (exact) mass is 480 g/mol. The van der Waals surface area contributed by atoms with E-state index >= 15 is 0 Å². The number of hydrogen-bond acceptors (Lipinski definition) is 6. The molecule has 188 valence electrons. The van der Waals surface area contributed by atoms with Gasteiger partial charge in [0.05, 0.1) is 23.7 Å². The van der Waals surface area contributed by atoms with Gasteiger partial charge in [0.25, 0.3) is 0 Å². The lowest BCUT2D eigenvalue weighted by molar-refractivity contribution is 0.0729. The van der Waals surface area contributed by atoms with Crippen LogP contribution in [0, 0.1) is 0 Å². The average Bonchev–Trinajstić information content (AvgIpc) is 2.85. The summed E-state index contributed by atoms with van der Waals surface area (Å²) in [6, 6.07) is 13.8. The minimum atomic E-state index is -0.701. The van der Waals surface area contributed by atoms with Gasteiger partial charge >= 0.3 is 11.6 Å². The van der Waals surface area contributed by atoms with Crippen LogP contribution in [0.25, 0.3) is 11.0 Å². The average molecular weight is 481 g/mol. The molecule has 2 aromatic carbocycles. The van der Waals surface area contributed by atoms with Crippen molar-refractivity contribution in [3.63, 3.8) is 0 Å². The Labute approximate surface area is 207 Å². The van der Waals surface area contributed by atoms with Gasteiger partial charge in [0.2, 0.25) is 5.75 Å². The van der Waals surface area contributed by atoms with E-state index in [0.717, 1.165) is 19.3 Å². The van der Waals surface area contributed by atoms with Crippen LogP contribution >= 0.6 is 0 Å². The molecule has 0 N–H and O–H groups in total. The van der Waals surface area contributed by atoms with E-state index in [2.05, 4.69) is 6.92 Å². The van der Waals surface area contributed by atoms with Crippen molar-refractivity contribution >= 4 is 16.9 Å². The van der Waals surface area contributed by atoms with Crippen LogP contribution in [0.3, 0.4) is 0 Å². The summed E-state index contributed by atoms with van der Waals surface area (Å²) in [5.41, 5.74) is -0.105. The van der Waals surface area contributed by atoms with Gasteiger partial charge in [-0.05, 0) is 44.5 Å². The molecule has 0 unspecified atom stereocenters. The highest BCUT2D eigenvalue weighted by Crippen LogP contribution is 2.37. The number of rotatable bonds is 14. The fraction of sp³-hybridized carbons (Fsp3) is 0.448. The van der Waals surface area contributed by atoms with Gasteiger partial charge in [0, 0.05) is 0 Å².